The molecule has 1 aromatic heterocycles. The molecule has 2 fully saturated rings. The number of aromatic nitrogens is 1. The van der Waals surface area contributed by atoms with Crippen molar-refractivity contribution in [1.29, 1.82) is 0 Å². The topological polar surface area (TPSA) is 137 Å². The zero-order chi connectivity index (χ0) is 20.8. The number of nitrogens with zero attached hydrogens (tertiary/aromatic N) is 2. The average molecular weight is 437 g/mol. The minimum Gasteiger partial charge on any atom is -0.543 e. The molecule has 3 aliphatic rings. The van der Waals surface area contributed by atoms with Crippen LogP contribution >= 0.6 is 0 Å². The van der Waals surface area contributed by atoms with Gasteiger partial charge in [-0.15, -0.1) is 0 Å². The summed E-state index contributed by atoms with van der Waals surface area (Å²) >= 11 is 0. The molecule has 2 aliphatic heterocycles. The Morgan fingerprint density at radius 3 is 2.60 bits per heavy atom. The number of carbonyl (C=O) groups is 3. The van der Waals surface area contributed by atoms with E-state index >= 15 is 0 Å². The maximum atomic E-state index is 12.8. The second-order valence-electron chi connectivity index (χ2n) is 6.97. The first-order chi connectivity index (χ1) is 13.8. The molecule has 1 atom stereocenters. The third-order valence-electron chi connectivity index (χ3n) is 4.75. The van der Waals surface area contributed by atoms with E-state index in [2.05, 4.69) is 10.3 Å². The maximum Gasteiger partial charge on any atom is 1.00 e. The van der Waals surface area contributed by atoms with Crippen LogP contribution < -0.4 is 40.0 Å². The summed E-state index contributed by atoms with van der Waals surface area (Å²) in [6, 6.07) is 5.04. The maximum absolute atomic E-state index is 12.8. The summed E-state index contributed by atoms with van der Waals surface area (Å²) in [6.07, 6.45) is 6.75. The van der Waals surface area contributed by atoms with Gasteiger partial charge in [0, 0.05) is 18.3 Å². The van der Waals surface area contributed by atoms with Crippen LogP contribution in [0, 0.1) is 0 Å². The summed E-state index contributed by atoms with van der Waals surface area (Å²) in [5.41, 5.74) is -0.384. The smallest absolute Gasteiger partial charge is 0.543 e. The largest absolute Gasteiger partial charge is 1.00 e. The molecular weight excluding hydrogens is 421 g/mol. The van der Waals surface area contributed by atoms with Gasteiger partial charge in [-0.25, -0.2) is 8.42 Å². The molecule has 1 saturated carbocycles. The Balaban J connectivity index is 0.00000256. The molecule has 0 aromatic carbocycles. The number of carbonyl (C=O) groups excluding carboxylic acids is 3. The van der Waals surface area contributed by atoms with E-state index in [1.165, 1.54) is 12.3 Å². The van der Waals surface area contributed by atoms with Crippen molar-refractivity contribution in [2.45, 2.75) is 24.3 Å². The van der Waals surface area contributed by atoms with Crippen LogP contribution in [0.2, 0.25) is 0 Å². The van der Waals surface area contributed by atoms with Crippen LogP contribution in [-0.2, 0) is 24.2 Å². The number of hydrogen-bond donors (Lipinski definition) is 1. The molecule has 1 aromatic rings. The van der Waals surface area contributed by atoms with E-state index in [1.807, 2.05) is 0 Å². The average Bonchev–Trinajstić information content (AvgIpc) is 3.48. The SMILES string of the molecule is O=C(/C=C/C1=C(C(=O)[O-])N2C(=O)/C(=C/c3ccccn3)[C@H]2S(=O)(=O)C1)NC1CC1.[Na+]. The van der Waals surface area contributed by atoms with Gasteiger partial charge >= 0.3 is 29.6 Å². The Morgan fingerprint density at radius 1 is 1.27 bits per heavy atom. The van der Waals surface area contributed by atoms with Crippen LogP contribution in [0.3, 0.4) is 0 Å². The Labute approximate surface area is 194 Å². The molecule has 0 radical (unpaired) electrons. The molecular formula is C19H16N3NaO6S. The first kappa shape index (κ1) is 22.4. The summed E-state index contributed by atoms with van der Waals surface area (Å²) in [6.45, 7) is 0. The second-order valence-corrected chi connectivity index (χ2v) is 9.03. The van der Waals surface area contributed by atoms with Crippen molar-refractivity contribution in [2.75, 3.05) is 5.75 Å². The number of aliphatic carboxylic acids is 1. The molecule has 0 unspecified atom stereocenters. The monoisotopic (exact) mass is 437 g/mol. The van der Waals surface area contributed by atoms with E-state index in [9.17, 15) is 27.9 Å². The number of hydrogen-bond acceptors (Lipinski definition) is 7. The van der Waals surface area contributed by atoms with Crippen LogP contribution in [0.1, 0.15) is 18.5 Å². The van der Waals surface area contributed by atoms with E-state index in [0.29, 0.717) is 10.6 Å². The number of sulfone groups is 1. The van der Waals surface area contributed by atoms with Gasteiger partial charge in [-0.05, 0) is 36.6 Å². The van der Waals surface area contributed by atoms with Crippen molar-refractivity contribution in [3.8, 4) is 0 Å². The molecule has 0 spiro atoms. The van der Waals surface area contributed by atoms with Gasteiger partial charge in [0.1, 0.15) is 0 Å². The van der Waals surface area contributed by atoms with Crippen molar-refractivity contribution in [3.05, 3.63) is 59.1 Å². The number of fused-ring (bicyclic) bond motifs is 1. The number of β-lactam (4-membered cyclic amide) rings is 1. The van der Waals surface area contributed by atoms with E-state index in [0.717, 1.165) is 25.0 Å². The number of carboxylic acids is 1. The molecule has 0 bridgehead atoms. The van der Waals surface area contributed by atoms with Crippen LogP contribution in [0.5, 0.6) is 0 Å². The molecule has 1 saturated heterocycles. The number of carboxylic acid groups (broad SMARTS) is 1. The van der Waals surface area contributed by atoms with Gasteiger partial charge in [-0.1, -0.05) is 12.1 Å². The molecule has 3 heterocycles. The Morgan fingerprint density at radius 2 is 2.00 bits per heavy atom. The molecule has 11 heteroatoms. The van der Waals surface area contributed by atoms with Gasteiger partial charge in [0.15, 0.2) is 15.2 Å². The van der Waals surface area contributed by atoms with Crippen LogP contribution in [0.4, 0.5) is 0 Å². The molecule has 2 amide bonds. The van der Waals surface area contributed by atoms with Crippen LogP contribution in [0.15, 0.2) is 53.4 Å². The molecule has 9 nitrogen and oxygen atoms in total. The normalized spacial score (nSPS) is 23.6. The van der Waals surface area contributed by atoms with Crippen molar-refractivity contribution < 1.29 is 57.5 Å². The first-order valence-electron chi connectivity index (χ1n) is 8.89. The van der Waals surface area contributed by atoms with Gasteiger partial charge < -0.3 is 15.2 Å². The first-order valence-corrected chi connectivity index (χ1v) is 10.6. The number of pyridine rings is 1. The van der Waals surface area contributed by atoms with E-state index in [1.54, 1.807) is 18.2 Å². The van der Waals surface area contributed by atoms with Crippen molar-refractivity contribution in [1.82, 2.24) is 15.2 Å². The fourth-order valence-corrected chi connectivity index (χ4v) is 5.18. The standard InChI is InChI=1S/C19H17N3O6S.Na/c23-15(21-12-5-6-12)7-4-11-10-29(27,28)18-14(9-13-3-1-2-8-20-13)17(24)22(18)16(11)19(25)26;/h1-4,7-9,12,18H,5-6,10H2,(H,21,23)(H,25,26);/q;+1/p-1/b7-4+,14-9-;/t18-;/m1./s1. The molecule has 150 valence electrons. The number of amides is 2. The molecule has 1 aliphatic carbocycles. The fraction of sp³-hybridized carbons (Fsp3) is 0.263. The predicted octanol–water partition coefficient (Wildman–Crippen LogP) is -4.10. The van der Waals surface area contributed by atoms with Gasteiger partial charge in [-0.3, -0.25) is 19.5 Å². The van der Waals surface area contributed by atoms with Crippen molar-refractivity contribution >= 4 is 33.7 Å². The second kappa shape index (κ2) is 8.46. The van der Waals surface area contributed by atoms with Gasteiger partial charge in [0.25, 0.3) is 5.91 Å². The zero-order valence-electron chi connectivity index (χ0n) is 16.1. The van der Waals surface area contributed by atoms with E-state index in [4.69, 9.17) is 0 Å². The zero-order valence-corrected chi connectivity index (χ0v) is 18.9. The summed E-state index contributed by atoms with van der Waals surface area (Å²) < 4.78 is 25.5. The van der Waals surface area contributed by atoms with Crippen molar-refractivity contribution in [2.24, 2.45) is 0 Å². The summed E-state index contributed by atoms with van der Waals surface area (Å²) in [5.74, 6) is -3.52. The summed E-state index contributed by atoms with van der Waals surface area (Å²) in [7, 11) is -3.92. The van der Waals surface area contributed by atoms with Crippen LogP contribution in [-0.4, -0.2) is 53.3 Å². The number of nitrogens with one attached hydrogen (secondary N) is 1. The number of rotatable bonds is 5. The van der Waals surface area contributed by atoms with Gasteiger partial charge in [0.05, 0.1) is 28.7 Å². The Bertz CT molecular complexity index is 1110. The molecule has 4 rings (SSSR count). The Hall–Kier alpha value is -2.27. The quantitative estimate of drug-likeness (QED) is 0.281. The third-order valence-corrected chi connectivity index (χ3v) is 6.61. The predicted molar refractivity (Wildman–Crippen MR) is 99.0 cm³/mol. The molecule has 30 heavy (non-hydrogen) atoms. The fourth-order valence-electron chi connectivity index (χ4n) is 3.28. The van der Waals surface area contributed by atoms with E-state index < -0.39 is 44.4 Å². The molecule has 1 N–H and O–H groups in total. The van der Waals surface area contributed by atoms with Crippen LogP contribution in [0.25, 0.3) is 6.08 Å². The Kier molecular flexibility index (Phi) is 6.32. The van der Waals surface area contributed by atoms with Gasteiger partial charge in [0.2, 0.25) is 5.91 Å². The summed E-state index contributed by atoms with van der Waals surface area (Å²) in [5, 5.41) is 12.9. The van der Waals surface area contributed by atoms with Crippen molar-refractivity contribution in [3.63, 3.8) is 0 Å². The summed E-state index contributed by atoms with van der Waals surface area (Å²) in [4.78, 5) is 40.8. The minimum absolute atomic E-state index is 0. The van der Waals surface area contributed by atoms with Gasteiger partial charge in [-0.2, -0.15) is 0 Å². The van der Waals surface area contributed by atoms with E-state index in [-0.39, 0.29) is 46.7 Å². The minimum atomic E-state index is -3.92. The third kappa shape index (κ3) is 4.27. The number of allylic oxidation sites excluding steroid dienone is 1.